The Morgan fingerprint density at radius 1 is 1.50 bits per heavy atom. The first-order valence-corrected chi connectivity index (χ1v) is 6.83. The Balaban J connectivity index is 2.50. The molecule has 1 rings (SSSR count). The standard InChI is InChI=1S/C12H23N3S/c1-6-7-13-10(3)11(4)16-12-8-9(2)14-15(12)5/h8,10-11,13H,6-7H2,1-5H3. The molecule has 4 heteroatoms. The lowest BCUT2D eigenvalue weighted by Gasteiger charge is -2.20. The maximum absolute atomic E-state index is 4.36. The Morgan fingerprint density at radius 2 is 2.19 bits per heavy atom. The number of nitrogens with one attached hydrogen (secondary N) is 1. The summed E-state index contributed by atoms with van der Waals surface area (Å²) in [5, 5.41) is 9.69. The summed E-state index contributed by atoms with van der Waals surface area (Å²) in [4.78, 5) is 0. The number of hydrogen-bond acceptors (Lipinski definition) is 3. The molecule has 1 heterocycles. The molecule has 0 saturated heterocycles. The van der Waals surface area contributed by atoms with Gasteiger partial charge in [-0.2, -0.15) is 5.10 Å². The van der Waals surface area contributed by atoms with Crippen LogP contribution in [0, 0.1) is 6.92 Å². The molecule has 0 aliphatic rings. The number of hydrogen-bond donors (Lipinski definition) is 1. The van der Waals surface area contributed by atoms with Gasteiger partial charge in [0, 0.05) is 18.3 Å². The van der Waals surface area contributed by atoms with Crippen molar-refractivity contribution in [2.45, 2.75) is 50.4 Å². The number of aromatic nitrogens is 2. The summed E-state index contributed by atoms with van der Waals surface area (Å²) in [5.74, 6) is 0. The van der Waals surface area contributed by atoms with E-state index in [1.165, 1.54) is 11.4 Å². The molecule has 0 aliphatic carbocycles. The molecule has 2 atom stereocenters. The minimum absolute atomic E-state index is 0.528. The van der Waals surface area contributed by atoms with Gasteiger partial charge < -0.3 is 5.32 Å². The average molecular weight is 241 g/mol. The van der Waals surface area contributed by atoms with Crippen LogP contribution in [-0.2, 0) is 7.05 Å². The van der Waals surface area contributed by atoms with Crippen LogP contribution in [0.3, 0.4) is 0 Å². The van der Waals surface area contributed by atoms with E-state index in [1.54, 1.807) is 0 Å². The molecule has 0 bridgehead atoms. The van der Waals surface area contributed by atoms with Crippen LogP contribution < -0.4 is 5.32 Å². The molecule has 92 valence electrons. The van der Waals surface area contributed by atoms with Crippen molar-refractivity contribution in [3.63, 3.8) is 0 Å². The lowest BCUT2D eigenvalue weighted by Crippen LogP contribution is -2.34. The highest BCUT2D eigenvalue weighted by Gasteiger charge is 2.14. The molecule has 0 fully saturated rings. The van der Waals surface area contributed by atoms with Gasteiger partial charge in [-0.15, -0.1) is 11.8 Å². The monoisotopic (exact) mass is 241 g/mol. The van der Waals surface area contributed by atoms with Crippen molar-refractivity contribution in [3.05, 3.63) is 11.8 Å². The molecule has 0 aromatic carbocycles. The average Bonchev–Trinajstić information content (AvgIpc) is 2.53. The van der Waals surface area contributed by atoms with Crippen molar-refractivity contribution in [2.75, 3.05) is 6.54 Å². The van der Waals surface area contributed by atoms with Crippen LogP contribution in [0.5, 0.6) is 0 Å². The number of rotatable bonds is 6. The molecular formula is C12H23N3S. The van der Waals surface area contributed by atoms with Crippen LogP contribution in [0.25, 0.3) is 0 Å². The minimum Gasteiger partial charge on any atom is -0.313 e. The van der Waals surface area contributed by atoms with Gasteiger partial charge >= 0.3 is 0 Å². The number of aryl methyl sites for hydroxylation is 2. The van der Waals surface area contributed by atoms with E-state index < -0.39 is 0 Å². The van der Waals surface area contributed by atoms with Gasteiger partial charge in [-0.3, -0.25) is 4.68 Å². The maximum atomic E-state index is 4.36. The van der Waals surface area contributed by atoms with Gasteiger partial charge in [0.25, 0.3) is 0 Å². The largest absolute Gasteiger partial charge is 0.313 e. The lowest BCUT2D eigenvalue weighted by atomic mass is 10.2. The molecule has 3 nitrogen and oxygen atoms in total. The zero-order valence-electron chi connectivity index (χ0n) is 10.9. The lowest BCUT2D eigenvalue weighted by molar-refractivity contribution is 0.541. The summed E-state index contributed by atoms with van der Waals surface area (Å²) in [6.45, 7) is 9.84. The van der Waals surface area contributed by atoms with Crippen LogP contribution in [0.4, 0.5) is 0 Å². The third-order valence-electron chi connectivity index (χ3n) is 2.69. The summed E-state index contributed by atoms with van der Waals surface area (Å²) < 4.78 is 1.96. The van der Waals surface area contributed by atoms with Gasteiger partial charge in [0.2, 0.25) is 0 Å². The van der Waals surface area contributed by atoms with E-state index in [-0.39, 0.29) is 0 Å². The highest BCUT2D eigenvalue weighted by Crippen LogP contribution is 2.25. The second-order valence-corrected chi connectivity index (χ2v) is 5.71. The van der Waals surface area contributed by atoms with Crippen molar-refractivity contribution in [3.8, 4) is 0 Å². The zero-order valence-corrected chi connectivity index (χ0v) is 11.8. The second-order valence-electron chi connectivity index (χ2n) is 4.31. The molecule has 1 aromatic heterocycles. The highest BCUT2D eigenvalue weighted by atomic mass is 32.2. The normalized spacial score (nSPS) is 15.1. The fourth-order valence-electron chi connectivity index (χ4n) is 1.53. The van der Waals surface area contributed by atoms with Crippen LogP contribution >= 0.6 is 11.8 Å². The number of nitrogens with zero attached hydrogens (tertiary/aromatic N) is 2. The summed E-state index contributed by atoms with van der Waals surface area (Å²) in [7, 11) is 2.01. The van der Waals surface area contributed by atoms with Gasteiger partial charge in [-0.25, -0.2) is 0 Å². The van der Waals surface area contributed by atoms with E-state index >= 15 is 0 Å². The molecular weight excluding hydrogens is 218 g/mol. The molecule has 1 N–H and O–H groups in total. The predicted molar refractivity (Wildman–Crippen MR) is 71.0 cm³/mol. The van der Waals surface area contributed by atoms with Crippen molar-refractivity contribution < 1.29 is 0 Å². The molecule has 0 radical (unpaired) electrons. The Labute approximate surface area is 103 Å². The molecule has 16 heavy (non-hydrogen) atoms. The van der Waals surface area contributed by atoms with E-state index in [2.05, 4.69) is 37.3 Å². The topological polar surface area (TPSA) is 29.9 Å². The van der Waals surface area contributed by atoms with Gasteiger partial charge in [0.1, 0.15) is 0 Å². The van der Waals surface area contributed by atoms with Crippen molar-refractivity contribution in [2.24, 2.45) is 7.05 Å². The predicted octanol–water partition coefficient (Wildman–Crippen LogP) is 2.60. The van der Waals surface area contributed by atoms with Gasteiger partial charge in [0.05, 0.1) is 10.7 Å². The molecule has 0 amide bonds. The van der Waals surface area contributed by atoms with Crippen molar-refractivity contribution >= 4 is 11.8 Å². The van der Waals surface area contributed by atoms with E-state index in [1.807, 2.05) is 30.4 Å². The van der Waals surface area contributed by atoms with Crippen LogP contribution in [0.15, 0.2) is 11.1 Å². The quantitative estimate of drug-likeness (QED) is 0.776. The Hall–Kier alpha value is -0.480. The zero-order chi connectivity index (χ0) is 12.1. The molecule has 1 aromatic rings. The van der Waals surface area contributed by atoms with Crippen LogP contribution in [0.2, 0.25) is 0 Å². The van der Waals surface area contributed by atoms with Crippen molar-refractivity contribution in [1.82, 2.24) is 15.1 Å². The fraction of sp³-hybridized carbons (Fsp3) is 0.750. The minimum atomic E-state index is 0.528. The van der Waals surface area contributed by atoms with Gasteiger partial charge in [0.15, 0.2) is 0 Å². The molecule has 0 saturated carbocycles. The van der Waals surface area contributed by atoms with E-state index in [0.717, 1.165) is 12.2 Å². The first-order valence-electron chi connectivity index (χ1n) is 5.95. The Kier molecular flexibility index (Phi) is 5.35. The van der Waals surface area contributed by atoms with E-state index in [0.29, 0.717) is 11.3 Å². The van der Waals surface area contributed by atoms with Gasteiger partial charge in [-0.1, -0.05) is 13.8 Å². The van der Waals surface area contributed by atoms with E-state index in [4.69, 9.17) is 0 Å². The third kappa shape index (κ3) is 3.83. The summed E-state index contributed by atoms with van der Waals surface area (Å²) in [6.07, 6.45) is 1.19. The molecule has 2 unspecified atom stereocenters. The maximum Gasteiger partial charge on any atom is 0.0942 e. The SMILES string of the molecule is CCCNC(C)C(C)Sc1cc(C)nn1C. The first kappa shape index (κ1) is 13.6. The van der Waals surface area contributed by atoms with Gasteiger partial charge in [-0.05, 0) is 32.9 Å². The second kappa shape index (κ2) is 6.30. The number of thioether (sulfide) groups is 1. The Bertz CT molecular complexity index is 322. The smallest absolute Gasteiger partial charge is 0.0942 e. The first-order chi connectivity index (χ1) is 7.54. The third-order valence-corrected chi connectivity index (χ3v) is 4.09. The van der Waals surface area contributed by atoms with Crippen molar-refractivity contribution in [1.29, 1.82) is 0 Å². The summed E-state index contributed by atoms with van der Waals surface area (Å²) in [6, 6.07) is 2.67. The summed E-state index contributed by atoms with van der Waals surface area (Å²) in [5.41, 5.74) is 1.09. The molecule has 0 aliphatic heterocycles. The fourth-order valence-corrected chi connectivity index (χ4v) is 2.64. The van der Waals surface area contributed by atoms with Crippen LogP contribution in [0.1, 0.15) is 32.9 Å². The van der Waals surface area contributed by atoms with Crippen LogP contribution in [-0.4, -0.2) is 27.6 Å². The van der Waals surface area contributed by atoms with E-state index in [9.17, 15) is 0 Å². The summed E-state index contributed by atoms with van der Waals surface area (Å²) >= 11 is 1.89. The highest BCUT2D eigenvalue weighted by molar-refractivity contribution is 7.99. The molecule has 0 spiro atoms. The Morgan fingerprint density at radius 3 is 2.69 bits per heavy atom.